The minimum absolute atomic E-state index is 0.0277. The van der Waals surface area contributed by atoms with Crippen LogP contribution < -0.4 is 5.32 Å². The van der Waals surface area contributed by atoms with Gasteiger partial charge in [-0.05, 0) is 80.4 Å². The number of carbonyl (C=O) groups is 2. The van der Waals surface area contributed by atoms with E-state index in [1.165, 1.54) is 5.57 Å². The van der Waals surface area contributed by atoms with Crippen molar-refractivity contribution in [2.24, 2.45) is 0 Å². The summed E-state index contributed by atoms with van der Waals surface area (Å²) in [7, 11) is 7.54. The molecule has 0 saturated heterocycles. The number of rotatable bonds is 10. The second-order valence-corrected chi connectivity index (χ2v) is 11.7. The average molecular weight is 546 g/mol. The van der Waals surface area contributed by atoms with E-state index in [9.17, 15) is 9.59 Å². The van der Waals surface area contributed by atoms with E-state index in [4.69, 9.17) is 0 Å². The maximum Gasteiger partial charge on any atom is 0.253 e. The zero-order valence-corrected chi connectivity index (χ0v) is 24.8. The van der Waals surface area contributed by atoms with Gasteiger partial charge in [0.05, 0.1) is 12.0 Å². The van der Waals surface area contributed by atoms with E-state index in [1.54, 1.807) is 19.0 Å². The van der Waals surface area contributed by atoms with Gasteiger partial charge >= 0.3 is 0 Å². The molecular weight excluding hydrogens is 502 g/mol. The Morgan fingerprint density at radius 1 is 1.15 bits per heavy atom. The summed E-state index contributed by atoms with van der Waals surface area (Å²) in [4.78, 5) is 28.1. The molecule has 4 rings (SSSR count). The number of fused-ring (bicyclic) bond motifs is 1. The molecular formula is C31H43N7O2. The van der Waals surface area contributed by atoms with Crippen LogP contribution in [-0.2, 0) is 16.6 Å². The van der Waals surface area contributed by atoms with Crippen molar-refractivity contribution in [1.82, 2.24) is 35.7 Å². The fraction of sp³-hybridized carbons (Fsp3) is 0.516. The SMILES string of the molecule is C=C(/C(C)=C/C1=C(C)C(CC2(NCC=O)CCCC2)(c2nn[nH]n2)c2ccc(C(=O)N(C)C)cc2CC1)N(C)C. The van der Waals surface area contributed by atoms with Gasteiger partial charge in [0.15, 0.2) is 5.82 Å². The maximum atomic E-state index is 13.0. The lowest BCUT2D eigenvalue weighted by Gasteiger charge is -2.42. The highest BCUT2D eigenvalue weighted by molar-refractivity contribution is 5.94. The summed E-state index contributed by atoms with van der Waals surface area (Å²) >= 11 is 0. The lowest BCUT2D eigenvalue weighted by atomic mass is 9.64. The first kappa shape index (κ1) is 29.4. The largest absolute Gasteiger partial charge is 0.378 e. The van der Waals surface area contributed by atoms with Gasteiger partial charge in [0.1, 0.15) is 6.29 Å². The lowest BCUT2D eigenvalue weighted by molar-refractivity contribution is -0.107. The second-order valence-electron chi connectivity index (χ2n) is 11.7. The number of hydrogen-bond donors (Lipinski definition) is 2. The number of benzene rings is 1. The molecule has 0 spiro atoms. The van der Waals surface area contributed by atoms with Crippen LogP contribution in [0.15, 0.2) is 53.3 Å². The van der Waals surface area contributed by atoms with Crippen molar-refractivity contribution in [3.63, 3.8) is 0 Å². The number of amides is 1. The lowest BCUT2D eigenvalue weighted by Crippen LogP contribution is -2.50. The van der Waals surface area contributed by atoms with Crippen LogP contribution in [0.25, 0.3) is 0 Å². The van der Waals surface area contributed by atoms with Crippen molar-refractivity contribution in [1.29, 1.82) is 0 Å². The van der Waals surface area contributed by atoms with Gasteiger partial charge in [0, 0.05) is 45.0 Å². The molecule has 1 atom stereocenters. The highest BCUT2D eigenvalue weighted by atomic mass is 16.2. The van der Waals surface area contributed by atoms with Gasteiger partial charge in [-0.2, -0.15) is 5.21 Å². The molecule has 0 aliphatic heterocycles. The third-order valence-corrected chi connectivity index (χ3v) is 8.84. The minimum atomic E-state index is -0.718. The van der Waals surface area contributed by atoms with E-state index in [0.29, 0.717) is 24.4 Å². The zero-order valence-electron chi connectivity index (χ0n) is 24.8. The molecule has 1 fully saturated rings. The molecule has 9 heteroatoms. The fourth-order valence-electron chi connectivity index (χ4n) is 6.59. The molecule has 1 aromatic heterocycles. The van der Waals surface area contributed by atoms with Crippen LogP contribution in [0.3, 0.4) is 0 Å². The number of aryl methyl sites for hydroxylation is 1. The Labute approximate surface area is 237 Å². The van der Waals surface area contributed by atoms with Gasteiger partial charge in [-0.1, -0.05) is 42.3 Å². The average Bonchev–Trinajstić information content (AvgIpc) is 3.63. The molecule has 1 saturated carbocycles. The summed E-state index contributed by atoms with van der Waals surface area (Å²) in [6, 6.07) is 6.05. The molecule has 0 bridgehead atoms. The van der Waals surface area contributed by atoms with E-state index in [2.05, 4.69) is 58.5 Å². The van der Waals surface area contributed by atoms with Gasteiger partial charge in [-0.15, -0.1) is 10.2 Å². The minimum Gasteiger partial charge on any atom is -0.378 e. The van der Waals surface area contributed by atoms with Crippen molar-refractivity contribution < 1.29 is 9.59 Å². The molecule has 40 heavy (non-hydrogen) atoms. The summed E-state index contributed by atoms with van der Waals surface area (Å²) < 4.78 is 0. The number of hydrogen-bond acceptors (Lipinski definition) is 7. The normalized spacial score (nSPS) is 20.6. The summed E-state index contributed by atoms with van der Waals surface area (Å²) in [5, 5.41) is 19.6. The van der Waals surface area contributed by atoms with E-state index >= 15 is 0 Å². The number of H-pyrrole nitrogens is 1. The number of carbonyl (C=O) groups excluding carboxylic acids is 2. The highest BCUT2D eigenvalue weighted by Gasteiger charge is 2.50. The van der Waals surface area contributed by atoms with Crippen LogP contribution in [-0.4, -0.2) is 82.9 Å². The van der Waals surface area contributed by atoms with Gasteiger partial charge in [-0.25, -0.2) is 0 Å². The van der Waals surface area contributed by atoms with E-state index < -0.39 is 5.41 Å². The number of aromatic amines is 1. The standard InChI is InChI=1S/C31H43N7O2/c1-21(23(3)37(4)5)18-24-10-11-25-19-26(28(40)38(6)7)12-13-27(25)31(22(24)2,29-33-35-36-34-29)20-30(32-16-17-39)14-8-9-15-30/h12-13,17-19,32H,3,8-11,14-16,20H2,1-2,4-7H3,(H,33,34,35,36)/b21-18+. The molecule has 2 aliphatic carbocycles. The first-order valence-corrected chi connectivity index (χ1v) is 14.1. The number of tetrazole rings is 1. The predicted molar refractivity (Wildman–Crippen MR) is 157 cm³/mol. The van der Waals surface area contributed by atoms with Gasteiger partial charge < -0.3 is 19.9 Å². The topological polar surface area (TPSA) is 107 Å². The molecule has 0 radical (unpaired) electrons. The van der Waals surface area contributed by atoms with E-state index in [-0.39, 0.29) is 11.4 Å². The quantitative estimate of drug-likeness (QED) is 0.344. The van der Waals surface area contributed by atoms with Crippen LogP contribution in [0.2, 0.25) is 0 Å². The molecule has 2 N–H and O–H groups in total. The Hall–Kier alpha value is -3.59. The van der Waals surface area contributed by atoms with Gasteiger partial charge in [0.25, 0.3) is 5.91 Å². The van der Waals surface area contributed by atoms with Crippen molar-refractivity contribution >= 4 is 12.2 Å². The molecule has 1 aromatic carbocycles. The Kier molecular flexibility index (Phi) is 8.73. The molecule has 1 amide bonds. The van der Waals surface area contributed by atoms with Crippen LogP contribution in [0.1, 0.15) is 79.7 Å². The zero-order chi connectivity index (χ0) is 29.1. The van der Waals surface area contributed by atoms with E-state index in [0.717, 1.165) is 72.8 Å². The van der Waals surface area contributed by atoms with Crippen molar-refractivity contribution in [3.8, 4) is 0 Å². The molecule has 2 aliphatic rings. The Bertz CT molecular complexity index is 1320. The third kappa shape index (κ3) is 5.52. The van der Waals surface area contributed by atoms with Gasteiger partial charge in [-0.3, -0.25) is 4.79 Å². The summed E-state index contributed by atoms with van der Waals surface area (Å²) in [6.07, 6.45) is 9.53. The van der Waals surface area contributed by atoms with Crippen molar-refractivity contribution in [2.75, 3.05) is 34.7 Å². The number of likely N-dealkylation sites (N-methyl/N-ethyl adjacent to an activating group) is 1. The van der Waals surface area contributed by atoms with Crippen LogP contribution in [0.5, 0.6) is 0 Å². The first-order chi connectivity index (χ1) is 19.0. The highest BCUT2D eigenvalue weighted by Crippen LogP contribution is 2.51. The fourth-order valence-corrected chi connectivity index (χ4v) is 6.59. The Morgan fingerprint density at radius 2 is 1.88 bits per heavy atom. The van der Waals surface area contributed by atoms with Crippen LogP contribution in [0, 0.1) is 0 Å². The number of allylic oxidation sites excluding steroid dienone is 4. The van der Waals surface area contributed by atoms with Crippen LogP contribution >= 0.6 is 0 Å². The number of nitrogens with zero attached hydrogens (tertiary/aromatic N) is 5. The number of aldehydes is 1. The molecule has 1 heterocycles. The smallest absolute Gasteiger partial charge is 0.253 e. The van der Waals surface area contributed by atoms with Crippen LogP contribution in [0.4, 0.5) is 0 Å². The monoisotopic (exact) mass is 545 g/mol. The number of nitrogens with one attached hydrogen (secondary N) is 2. The van der Waals surface area contributed by atoms with Crippen molar-refractivity contribution in [2.45, 2.75) is 69.7 Å². The molecule has 9 nitrogen and oxygen atoms in total. The molecule has 214 valence electrons. The summed E-state index contributed by atoms with van der Waals surface area (Å²) in [5.41, 5.74) is 6.27. The van der Waals surface area contributed by atoms with Crippen molar-refractivity contribution in [3.05, 3.63) is 75.8 Å². The Balaban J connectivity index is 2.01. The maximum absolute atomic E-state index is 13.0. The Morgan fingerprint density at radius 3 is 2.48 bits per heavy atom. The van der Waals surface area contributed by atoms with E-state index in [1.807, 2.05) is 31.1 Å². The molecule has 2 aromatic rings. The number of aromatic nitrogens is 4. The summed E-state index contributed by atoms with van der Waals surface area (Å²) in [5.74, 6) is 0.578. The molecule has 1 unspecified atom stereocenters. The predicted octanol–water partition coefficient (Wildman–Crippen LogP) is 3.96. The third-order valence-electron chi connectivity index (χ3n) is 8.84. The second kappa shape index (κ2) is 11.9. The first-order valence-electron chi connectivity index (χ1n) is 14.1. The van der Waals surface area contributed by atoms with Gasteiger partial charge in [0.2, 0.25) is 0 Å². The summed E-state index contributed by atoms with van der Waals surface area (Å²) in [6.45, 7) is 8.85.